The van der Waals surface area contributed by atoms with Gasteiger partial charge in [-0.05, 0) is 20.1 Å². The van der Waals surface area contributed by atoms with Crippen LogP contribution in [0.25, 0.3) is 0 Å². The summed E-state index contributed by atoms with van der Waals surface area (Å²) >= 11 is 1.78. The van der Waals surface area contributed by atoms with Crippen LogP contribution in [0.1, 0.15) is 13.8 Å². The minimum absolute atomic E-state index is 1.07. The van der Waals surface area contributed by atoms with E-state index in [-0.39, 0.29) is 0 Å². The number of nitrogens with zero attached hydrogens (tertiary/aromatic N) is 1. The van der Waals surface area contributed by atoms with Crippen LogP contribution in [0.2, 0.25) is 0 Å². The summed E-state index contributed by atoms with van der Waals surface area (Å²) in [4.78, 5) is 0. The average Bonchev–Trinajstić information content (AvgIpc) is 1.99. The van der Waals surface area contributed by atoms with Crippen LogP contribution in [0, 0.1) is 0 Å². The summed E-state index contributed by atoms with van der Waals surface area (Å²) in [6.45, 7) is 5.26. The van der Waals surface area contributed by atoms with Crippen LogP contribution in [0.15, 0.2) is 12.2 Å². The first-order valence-corrected chi connectivity index (χ1v) is 4.73. The Morgan fingerprint density at radius 3 is 2.50 bits per heavy atom. The summed E-state index contributed by atoms with van der Waals surface area (Å²) in [5.41, 5.74) is 0. The van der Waals surface area contributed by atoms with Gasteiger partial charge in [0.2, 0.25) is 5.04 Å². The van der Waals surface area contributed by atoms with Crippen molar-refractivity contribution in [1.29, 1.82) is 0 Å². The Kier molecular flexibility index (Phi) is 5.40. The molecular formula is C8H16NS+. The molecule has 0 aliphatic rings. The monoisotopic (exact) mass is 158 g/mol. The zero-order valence-corrected chi connectivity index (χ0v) is 8.03. The number of hydrogen-bond donors (Lipinski definition) is 0. The van der Waals surface area contributed by atoms with Gasteiger partial charge in [-0.1, -0.05) is 17.8 Å². The molecule has 0 N–H and O–H groups in total. The van der Waals surface area contributed by atoms with Crippen molar-refractivity contribution in [3.05, 3.63) is 12.2 Å². The second-order valence-electron chi connectivity index (χ2n) is 2.06. The maximum absolute atomic E-state index is 2.23. The Hall–Kier alpha value is -0.240. The maximum atomic E-state index is 2.23. The fourth-order valence-corrected chi connectivity index (χ4v) is 1.36. The molecule has 2 heteroatoms. The molecule has 0 amide bonds. The van der Waals surface area contributed by atoms with Crippen LogP contribution in [0.3, 0.4) is 0 Å². The smallest absolute Gasteiger partial charge is 0.227 e. The number of allylic oxidation sites excluding steroid dienone is 1. The Morgan fingerprint density at radius 1 is 1.60 bits per heavy atom. The van der Waals surface area contributed by atoms with Gasteiger partial charge >= 0.3 is 0 Å². The third-order valence-corrected chi connectivity index (χ3v) is 2.23. The fourth-order valence-electron chi connectivity index (χ4n) is 0.650. The first kappa shape index (κ1) is 9.76. The summed E-state index contributed by atoms with van der Waals surface area (Å²) in [6.07, 6.45) is 6.30. The lowest BCUT2D eigenvalue weighted by molar-refractivity contribution is -0.489. The summed E-state index contributed by atoms with van der Waals surface area (Å²) in [5.74, 6) is 0. The first-order chi connectivity index (χ1) is 4.76. The lowest BCUT2D eigenvalue weighted by Gasteiger charge is -1.95. The Balaban J connectivity index is 4.29. The topological polar surface area (TPSA) is 3.01 Å². The van der Waals surface area contributed by atoms with E-state index >= 15 is 0 Å². The highest BCUT2D eigenvalue weighted by Crippen LogP contribution is 1.98. The zero-order chi connectivity index (χ0) is 7.98. The molecule has 0 radical (unpaired) electrons. The predicted molar refractivity (Wildman–Crippen MR) is 50.1 cm³/mol. The van der Waals surface area contributed by atoms with Gasteiger partial charge in [-0.3, -0.25) is 0 Å². The van der Waals surface area contributed by atoms with Crippen molar-refractivity contribution in [3.8, 4) is 0 Å². The minimum Gasteiger partial charge on any atom is -0.227 e. The van der Waals surface area contributed by atoms with Gasteiger partial charge in [0.05, 0.1) is 0 Å². The number of rotatable bonds is 2. The SMILES string of the molecule is C/C=C/C(SC)=[N+](C)CC. The Labute approximate surface area is 67.8 Å². The molecule has 0 aromatic carbocycles. The van der Waals surface area contributed by atoms with Gasteiger partial charge in [0, 0.05) is 6.08 Å². The predicted octanol–water partition coefficient (Wildman–Crippen LogP) is 1.99. The molecular weight excluding hydrogens is 142 g/mol. The second-order valence-corrected chi connectivity index (χ2v) is 2.88. The number of hydrogen-bond acceptors (Lipinski definition) is 1. The van der Waals surface area contributed by atoms with E-state index in [1.165, 1.54) is 5.04 Å². The summed E-state index contributed by atoms with van der Waals surface area (Å²) < 4.78 is 2.23. The Bertz CT molecular complexity index is 147. The molecule has 0 fully saturated rings. The van der Waals surface area contributed by atoms with Crippen LogP contribution in [-0.2, 0) is 0 Å². The summed E-state index contributed by atoms with van der Waals surface area (Å²) in [7, 11) is 2.10. The highest BCUT2D eigenvalue weighted by Gasteiger charge is 2.00. The maximum Gasteiger partial charge on any atom is 0.233 e. The molecule has 0 atom stereocenters. The highest BCUT2D eigenvalue weighted by molar-refractivity contribution is 8.13. The molecule has 10 heavy (non-hydrogen) atoms. The van der Waals surface area contributed by atoms with Crippen LogP contribution in [0.4, 0.5) is 0 Å². The van der Waals surface area contributed by atoms with Gasteiger partial charge in [0.15, 0.2) is 0 Å². The van der Waals surface area contributed by atoms with Gasteiger partial charge in [0.25, 0.3) is 0 Å². The van der Waals surface area contributed by atoms with Crippen LogP contribution >= 0.6 is 11.8 Å². The molecule has 0 rings (SSSR count). The van der Waals surface area contributed by atoms with Crippen molar-refractivity contribution >= 4 is 16.8 Å². The van der Waals surface area contributed by atoms with Crippen LogP contribution in [0.5, 0.6) is 0 Å². The van der Waals surface area contributed by atoms with E-state index in [9.17, 15) is 0 Å². The molecule has 0 unspecified atom stereocenters. The van der Waals surface area contributed by atoms with E-state index in [4.69, 9.17) is 0 Å². The molecule has 0 aromatic rings. The molecule has 1 nitrogen and oxygen atoms in total. The summed E-state index contributed by atoms with van der Waals surface area (Å²) in [6, 6.07) is 0. The van der Waals surface area contributed by atoms with Gasteiger partial charge < -0.3 is 0 Å². The molecule has 0 aliphatic carbocycles. The molecule has 0 aromatic heterocycles. The van der Waals surface area contributed by atoms with Crippen molar-refractivity contribution < 1.29 is 4.58 Å². The minimum atomic E-state index is 1.07. The molecule has 0 aliphatic heterocycles. The van der Waals surface area contributed by atoms with Crippen molar-refractivity contribution in [3.63, 3.8) is 0 Å². The third kappa shape index (κ3) is 3.06. The average molecular weight is 158 g/mol. The van der Waals surface area contributed by atoms with Gasteiger partial charge in [-0.25, -0.2) is 4.58 Å². The van der Waals surface area contributed by atoms with Crippen molar-refractivity contribution in [1.82, 2.24) is 0 Å². The lowest BCUT2D eigenvalue weighted by Crippen LogP contribution is -2.11. The second kappa shape index (κ2) is 5.54. The highest BCUT2D eigenvalue weighted by atomic mass is 32.2. The van der Waals surface area contributed by atoms with Gasteiger partial charge in [-0.15, -0.1) is 0 Å². The van der Waals surface area contributed by atoms with Gasteiger partial charge in [0.1, 0.15) is 13.6 Å². The van der Waals surface area contributed by atoms with E-state index in [2.05, 4.69) is 37.0 Å². The van der Waals surface area contributed by atoms with E-state index < -0.39 is 0 Å². The standard InChI is InChI=1S/C8H16NS/c1-5-7-8(10-4)9(3)6-2/h5,7H,6H2,1-4H3/q+1/b7-5+,9-8?. The lowest BCUT2D eigenvalue weighted by atomic mass is 10.5. The van der Waals surface area contributed by atoms with E-state index in [1.807, 2.05) is 6.92 Å². The van der Waals surface area contributed by atoms with Crippen molar-refractivity contribution in [2.45, 2.75) is 13.8 Å². The van der Waals surface area contributed by atoms with E-state index in [0.29, 0.717) is 0 Å². The molecule has 0 spiro atoms. The normalized spacial score (nSPS) is 14.0. The van der Waals surface area contributed by atoms with Crippen LogP contribution in [-0.4, -0.2) is 29.5 Å². The fraction of sp³-hybridized carbons (Fsp3) is 0.625. The van der Waals surface area contributed by atoms with E-state index in [0.717, 1.165) is 6.54 Å². The largest absolute Gasteiger partial charge is 0.233 e. The molecule has 0 bridgehead atoms. The Morgan fingerprint density at radius 2 is 2.20 bits per heavy atom. The molecule has 0 saturated heterocycles. The molecule has 0 heterocycles. The number of thioether (sulfide) groups is 1. The first-order valence-electron chi connectivity index (χ1n) is 3.51. The summed E-state index contributed by atoms with van der Waals surface area (Å²) in [5, 5.41) is 1.32. The van der Waals surface area contributed by atoms with Crippen molar-refractivity contribution in [2.75, 3.05) is 19.8 Å². The van der Waals surface area contributed by atoms with Crippen molar-refractivity contribution in [2.24, 2.45) is 0 Å². The zero-order valence-electron chi connectivity index (χ0n) is 7.22. The third-order valence-electron chi connectivity index (χ3n) is 1.37. The van der Waals surface area contributed by atoms with E-state index in [1.54, 1.807) is 11.8 Å². The quantitative estimate of drug-likeness (QED) is 0.337. The van der Waals surface area contributed by atoms with Gasteiger partial charge in [-0.2, -0.15) is 0 Å². The molecule has 0 saturated carbocycles. The van der Waals surface area contributed by atoms with Crippen LogP contribution < -0.4 is 0 Å². The molecule has 58 valence electrons.